The zero-order valence-corrected chi connectivity index (χ0v) is 19.6. The molecule has 6 nitrogen and oxygen atoms in total. The van der Waals surface area contributed by atoms with Crippen LogP contribution in [0.4, 0.5) is 4.79 Å². The number of methoxy groups -OCH3 is 1. The molecule has 1 aliphatic carbocycles. The number of urea groups is 1. The number of carbonyl (C=O) groups is 2. The molecular weight excluding hydrogens is 440 g/mol. The number of carboxylic acids is 1. The van der Waals surface area contributed by atoms with Crippen LogP contribution in [0.3, 0.4) is 0 Å². The smallest absolute Gasteiger partial charge is 0.317 e. The minimum absolute atomic E-state index is 0.0883. The number of nitrogens with zero attached hydrogens (tertiary/aromatic N) is 1. The summed E-state index contributed by atoms with van der Waals surface area (Å²) < 4.78 is 5.42. The van der Waals surface area contributed by atoms with E-state index in [0.717, 1.165) is 22.3 Å². The van der Waals surface area contributed by atoms with Gasteiger partial charge in [0.2, 0.25) is 0 Å². The van der Waals surface area contributed by atoms with Crippen molar-refractivity contribution in [3.05, 3.63) is 82.9 Å². The normalized spacial score (nSPS) is 15.3. The second-order valence-electron chi connectivity index (χ2n) is 7.88. The van der Waals surface area contributed by atoms with Crippen LogP contribution >= 0.6 is 11.6 Å². The number of alkyl halides is 1. The molecule has 0 bridgehead atoms. The Morgan fingerprint density at radius 3 is 2.64 bits per heavy atom. The molecule has 7 heteroatoms. The molecule has 174 valence electrons. The minimum Gasteiger partial charge on any atom is -0.497 e. The molecule has 0 saturated heterocycles. The second kappa shape index (κ2) is 11.6. The Hall–Kier alpha value is -3.25. The maximum Gasteiger partial charge on any atom is 0.317 e. The number of carbonyl (C=O) groups excluding carboxylic acids is 1. The summed E-state index contributed by atoms with van der Waals surface area (Å²) in [7, 11) is 1.60. The summed E-state index contributed by atoms with van der Waals surface area (Å²) in [6.45, 7) is 3.33. The summed E-state index contributed by atoms with van der Waals surface area (Å²) in [5.74, 6) is -0.215. The highest BCUT2D eigenvalue weighted by atomic mass is 35.5. The number of aliphatic carboxylic acids is 1. The van der Waals surface area contributed by atoms with E-state index in [2.05, 4.69) is 5.32 Å². The maximum atomic E-state index is 12.9. The van der Waals surface area contributed by atoms with Crippen molar-refractivity contribution in [2.45, 2.75) is 38.2 Å². The first kappa shape index (κ1) is 24.4. The lowest BCUT2D eigenvalue weighted by molar-refractivity contribution is -0.136. The van der Waals surface area contributed by atoms with E-state index in [1.807, 2.05) is 61.5 Å². The van der Waals surface area contributed by atoms with Crippen LogP contribution in [0, 0.1) is 0 Å². The lowest BCUT2D eigenvalue weighted by Crippen LogP contribution is -2.39. The zero-order valence-electron chi connectivity index (χ0n) is 18.9. The Kier molecular flexibility index (Phi) is 8.55. The first-order valence-electron chi connectivity index (χ1n) is 10.9. The standard InChI is InChI=1S/C26H29ClN2O4/c1-3-29(26(32)28-16-18-7-5-4-6-8-18)17-20-9-10-23(33-2)15-24(20)21-11-19(13-25(30)31)12-22(27)14-21/h4-12,15,22H,3,13-14,16-17H2,1-2H3,(H,28,32)(H,30,31). The van der Waals surface area contributed by atoms with Crippen molar-refractivity contribution in [2.24, 2.45) is 0 Å². The van der Waals surface area contributed by atoms with Gasteiger partial charge in [-0.05, 0) is 53.3 Å². The van der Waals surface area contributed by atoms with Gasteiger partial charge < -0.3 is 20.1 Å². The van der Waals surface area contributed by atoms with Gasteiger partial charge in [0.1, 0.15) is 5.75 Å². The Morgan fingerprint density at radius 1 is 1.21 bits per heavy atom. The Labute approximate surface area is 199 Å². The van der Waals surface area contributed by atoms with Gasteiger partial charge in [-0.1, -0.05) is 48.6 Å². The van der Waals surface area contributed by atoms with Gasteiger partial charge in [-0.25, -0.2) is 4.79 Å². The highest BCUT2D eigenvalue weighted by molar-refractivity contribution is 6.22. The molecule has 2 amide bonds. The van der Waals surface area contributed by atoms with Gasteiger partial charge >= 0.3 is 12.0 Å². The molecular formula is C26H29ClN2O4. The van der Waals surface area contributed by atoms with Crippen LogP contribution in [0.1, 0.15) is 36.5 Å². The molecule has 0 spiro atoms. The summed E-state index contributed by atoms with van der Waals surface area (Å²) in [5, 5.41) is 11.9. The number of amides is 2. The van der Waals surface area contributed by atoms with Gasteiger partial charge in [-0.2, -0.15) is 0 Å². The summed E-state index contributed by atoms with van der Waals surface area (Å²) >= 11 is 6.43. The van der Waals surface area contributed by atoms with Gasteiger partial charge in [0.25, 0.3) is 0 Å². The summed E-state index contributed by atoms with van der Waals surface area (Å²) in [5.41, 5.74) is 4.49. The number of carboxylic acid groups (broad SMARTS) is 1. The van der Waals surface area contributed by atoms with Gasteiger partial charge in [-0.3, -0.25) is 4.79 Å². The lowest BCUT2D eigenvalue weighted by Gasteiger charge is -2.25. The number of rotatable bonds is 9. The van der Waals surface area contributed by atoms with Crippen molar-refractivity contribution in [2.75, 3.05) is 13.7 Å². The van der Waals surface area contributed by atoms with Crippen molar-refractivity contribution in [3.8, 4) is 5.75 Å². The number of halogens is 1. The van der Waals surface area contributed by atoms with Gasteiger partial charge in [0.15, 0.2) is 0 Å². The van der Waals surface area contributed by atoms with Crippen LogP contribution in [-0.2, 0) is 17.9 Å². The summed E-state index contributed by atoms with van der Waals surface area (Å²) in [6.07, 6.45) is 4.15. The maximum absolute atomic E-state index is 12.9. The molecule has 0 saturated carbocycles. The molecule has 1 unspecified atom stereocenters. The molecule has 2 aromatic rings. The monoisotopic (exact) mass is 468 g/mol. The average molecular weight is 469 g/mol. The Morgan fingerprint density at radius 2 is 1.97 bits per heavy atom. The molecule has 33 heavy (non-hydrogen) atoms. The number of benzene rings is 2. The third kappa shape index (κ3) is 6.86. The molecule has 1 aliphatic rings. The van der Waals surface area contributed by atoms with Crippen LogP contribution in [0.5, 0.6) is 5.75 Å². The predicted molar refractivity (Wildman–Crippen MR) is 130 cm³/mol. The highest BCUT2D eigenvalue weighted by Gasteiger charge is 2.21. The highest BCUT2D eigenvalue weighted by Crippen LogP contribution is 2.34. The lowest BCUT2D eigenvalue weighted by atomic mass is 9.89. The SMILES string of the molecule is CCN(Cc1ccc(OC)cc1C1=CC(CC(=O)O)=CC(Cl)C1)C(=O)NCc1ccccc1. The van der Waals surface area contributed by atoms with Gasteiger partial charge in [0.05, 0.1) is 18.9 Å². The van der Waals surface area contributed by atoms with E-state index in [1.54, 1.807) is 18.1 Å². The van der Waals surface area contributed by atoms with Gasteiger partial charge in [-0.15, -0.1) is 11.6 Å². The van der Waals surface area contributed by atoms with Crippen molar-refractivity contribution in [1.82, 2.24) is 10.2 Å². The quantitative estimate of drug-likeness (QED) is 0.494. The average Bonchev–Trinajstić information content (AvgIpc) is 2.80. The molecule has 1 atom stereocenters. The van der Waals surface area contributed by atoms with Crippen molar-refractivity contribution < 1.29 is 19.4 Å². The molecule has 0 fully saturated rings. The molecule has 0 radical (unpaired) electrons. The topological polar surface area (TPSA) is 78.9 Å². The van der Waals surface area contributed by atoms with Crippen LogP contribution in [0.2, 0.25) is 0 Å². The second-order valence-corrected chi connectivity index (χ2v) is 8.44. The summed E-state index contributed by atoms with van der Waals surface area (Å²) in [4.78, 5) is 25.8. The number of hydrogen-bond donors (Lipinski definition) is 2. The zero-order chi connectivity index (χ0) is 23.8. The van der Waals surface area contributed by atoms with E-state index < -0.39 is 5.97 Å². The fourth-order valence-corrected chi connectivity index (χ4v) is 4.17. The molecule has 2 aromatic carbocycles. The van der Waals surface area contributed by atoms with E-state index in [0.29, 0.717) is 37.4 Å². The van der Waals surface area contributed by atoms with Gasteiger partial charge in [0, 0.05) is 19.6 Å². The number of hydrogen-bond acceptors (Lipinski definition) is 3. The van der Waals surface area contributed by atoms with E-state index in [-0.39, 0.29) is 17.8 Å². The first-order chi connectivity index (χ1) is 15.9. The first-order valence-corrected chi connectivity index (χ1v) is 11.3. The number of nitrogens with one attached hydrogen (secondary N) is 1. The van der Waals surface area contributed by atoms with Crippen LogP contribution < -0.4 is 10.1 Å². The molecule has 2 N–H and O–H groups in total. The van der Waals surface area contributed by atoms with Crippen LogP contribution in [-0.4, -0.2) is 41.0 Å². The van der Waals surface area contributed by atoms with E-state index in [1.165, 1.54) is 0 Å². The van der Waals surface area contributed by atoms with Crippen molar-refractivity contribution in [3.63, 3.8) is 0 Å². The molecule has 0 heterocycles. The van der Waals surface area contributed by atoms with Crippen LogP contribution in [0.15, 0.2) is 66.3 Å². The predicted octanol–water partition coefficient (Wildman–Crippen LogP) is 5.22. The third-order valence-electron chi connectivity index (χ3n) is 5.50. The third-order valence-corrected chi connectivity index (χ3v) is 5.78. The molecule has 0 aromatic heterocycles. The fourth-order valence-electron chi connectivity index (χ4n) is 3.84. The number of ether oxygens (including phenoxy) is 1. The van der Waals surface area contributed by atoms with Crippen molar-refractivity contribution >= 4 is 29.2 Å². The van der Waals surface area contributed by atoms with E-state index in [4.69, 9.17) is 16.3 Å². The molecule has 0 aliphatic heterocycles. The molecule has 3 rings (SSSR count). The largest absolute Gasteiger partial charge is 0.497 e. The summed E-state index contributed by atoms with van der Waals surface area (Å²) in [6, 6.07) is 15.3. The Bertz CT molecular complexity index is 1050. The van der Waals surface area contributed by atoms with Crippen LogP contribution in [0.25, 0.3) is 5.57 Å². The fraction of sp³-hybridized carbons (Fsp3) is 0.308. The Balaban J connectivity index is 1.83. The van der Waals surface area contributed by atoms with Crippen molar-refractivity contribution in [1.29, 1.82) is 0 Å². The van der Waals surface area contributed by atoms with E-state index in [9.17, 15) is 14.7 Å². The minimum atomic E-state index is -0.902. The van der Waals surface area contributed by atoms with E-state index >= 15 is 0 Å². The number of allylic oxidation sites excluding steroid dienone is 3.